The van der Waals surface area contributed by atoms with Crippen LogP contribution in [0.25, 0.3) is 0 Å². The van der Waals surface area contributed by atoms with Crippen LogP contribution < -0.4 is 10.0 Å². The summed E-state index contributed by atoms with van der Waals surface area (Å²) in [5.41, 5.74) is 0. The molecule has 2 rings (SSSR count). The number of amides is 1. The van der Waals surface area contributed by atoms with Gasteiger partial charge in [0, 0.05) is 25.7 Å². The summed E-state index contributed by atoms with van der Waals surface area (Å²) in [7, 11) is -3.46. The molecule has 0 unspecified atom stereocenters. The van der Waals surface area contributed by atoms with E-state index in [0.29, 0.717) is 30.8 Å². The zero-order valence-electron chi connectivity index (χ0n) is 13.5. The van der Waals surface area contributed by atoms with Crippen molar-refractivity contribution in [2.45, 2.75) is 37.1 Å². The molecule has 0 bridgehead atoms. The van der Waals surface area contributed by atoms with Crippen molar-refractivity contribution in [2.75, 3.05) is 26.2 Å². The lowest BCUT2D eigenvalue weighted by Crippen LogP contribution is -2.47. The summed E-state index contributed by atoms with van der Waals surface area (Å²) < 4.78 is 27.3. The summed E-state index contributed by atoms with van der Waals surface area (Å²) >= 11 is 0. The molecule has 1 saturated heterocycles. The molecule has 1 fully saturated rings. The monoisotopic (exact) mass is 339 g/mol. The van der Waals surface area contributed by atoms with Crippen LogP contribution in [0.5, 0.6) is 0 Å². The molecular weight excluding hydrogens is 314 g/mol. The lowest BCUT2D eigenvalue weighted by Gasteiger charge is -2.31. The molecule has 1 aliphatic rings. The highest BCUT2D eigenvalue weighted by atomic mass is 32.2. The molecule has 0 aromatic heterocycles. The first-order valence-corrected chi connectivity index (χ1v) is 9.56. The molecule has 23 heavy (non-hydrogen) atoms. The van der Waals surface area contributed by atoms with Crippen molar-refractivity contribution in [3.05, 3.63) is 30.3 Å². The van der Waals surface area contributed by atoms with Crippen LogP contribution in [-0.2, 0) is 14.8 Å². The Morgan fingerprint density at radius 2 is 1.87 bits per heavy atom. The molecule has 0 saturated carbocycles. The highest BCUT2D eigenvalue weighted by molar-refractivity contribution is 7.89. The van der Waals surface area contributed by atoms with E-state index in [2.05, 4.69) is 14.9 Å². The molecule has 1 aromatic rings. The molecule has 2 N–H and O–H groups in total. The van der Waals surface area contributed by atoms with Crippen molar-refractivity contribution < 1.29 is 13.2 Å². The normalized spacial score (nSPS) is 17.1. The number of piperidine rings is 1. The molecule has 7 heteroatoms. The fraction of sp³-hybridized carbons (Fsp3) is 0.562. The summed E-state index contributed by atoms with van der Waals surface area (Å²) in [5, 5.41) is 2.86. The predicted octanol–water partition coefficient (Wildman–Crippen LogP) is 0.956. The summed E-state index contributed by atoms with van der Waals surface area (Å²) in [6.45, 7) is 4.55. The second-order valence-electron chi connectivity index (χ2n) is 5.83. The Hall–Kier alpha value is -1.44. The van der Waals surface area contributed by atoms with Gasteiger partial charge in [-0.2, -0.15) is 0 Å². The highest BCUT2D eigenvalue weighted by Crippen LogP contribution is 2.14. The molecule has 1 aromatic carbocycles. The number of benzene rings is 1. The van der Waals surface area contributed by atoms with Gasteiger partial charge in [-0.15, -0.1) is 0 Å². The van der Waals surface area contributed by atoms with Gasteiger partial charge < -0.3 is 5.32 Å². The Bertz CT molecular complexity index is 596. The van der Waals surface area contributed by atoms with E-state index in [1.807, 2.05) is 6.92 Å². The van der Waals surface area contributed by atoms with E-state index in [1.165, 1.54) is 0 Å². The number of nitrogens with zero attached hydrogens (tertiary/aromatic N) is 1. The maximum Gasteiger partial charge on any atom is 0.240 e. The molecule has 1 amide bonds. The Labute approximate surface area is 138 Å². The number of likely N-dealkylation sites (tertiary alicyclic amines) is 1. The second-order valence-corrected chi connectivity index (χ2v) is 7.55. The van der Waals surface area contributed by atoms with Crippen LogP contribution in [0.1, 0.15) is 26.2 Å². The van der Waals surface area contributed by atoms with E-state index >= 15 is 0 Å². The molecule has 0 radical (unpaired) electrons. The van der Waals surface area contributed by atoms with E-state index in [1.54, 1.807) is 30.3 Å². The van der Waals surface area contributed by atoms with E-state index in [9.17, 15) is 13.2 Å². The van der Waals surface area contributed by atoms with E-state index in [0.717, 1.165) is 19.5 Å². The summed E-state index contributed by atoms with van der Waals surface area (Å²) in [5.74, 6) is 0.0372. The minimum Gasteiger partial charge on any atom is -0.355 e. The van der Waals surface area contributed by atoms with Crippen LogP contribution in [0.15, 0.2) is 35.2 Å². The van der Waals surface area contributed by atoms with Crippen molar-refractivity contribution in [1.82, 2.24) is 14.9 Å². The van der Waals surface area contributed by atoms with Gasteiger partial charge in [-0.3, -0.25) is 9.69 Å². The van der Waals surface area contributed by atoms with Gasteiger partial charge in [-0.25, -0.2) is 13.1 Å². The van der Waals surface area contributed by atoms with Gasteiger partial charge in [0.15, 0.2) is 0 Å². The van der Waals surface area contributed by atoms with E-state index in [4.69, 9.17) is 0 Å². The Morgan fingerprint density at radius 3 is 2.48 bits per heavy atom. The van der Waals surface area contributed by atoms with Crippen LogP contribution in [-0.4, -0.2) is 51.4 Å². The van der Waals surface area contributed by atoms with Gasteiger partial charge in [0.05, 0.1) is 11.4 Å². The number of carbonyl (C=O) groups excluding carboxylic acids is 1. The molecule has 1 aliphatic heterocycles. The number of hydrogen-bond acceptors (Lipinski definition) is 4. The minimum atomic E-state index is -3.46. The lowest BCUT2D eigenvalue weighted by molar-refractivity contribution is -0.122. The van der Waals surface area contributed by atoms with Crippen molar-refractivity contribution in [3.8, 4) is 0 Å². The van der Waals surface area contributed by atoms with Gasteiger partial charge in [-0.05, 0) is 31.4 Å². The molecule has 6 nitrogen and oxygen atoms in total. The third kappa shape index (κ3) is 5.60. The minimum absolute atomic E-state index is 0.0372. The van der Waals surface area contributed by atoms with Crippen LogP contribution in [0, 0.1) is 0 Å². The van der Waals surface area contributed by atoms with Gasteiger partial charge in [0.1, 0.15) is 0 Å². The molecule has 128 valence electrons. The topological polar surface area (TPSA) is 78.5 Å². The smallest absolute Gasteiger partial charge is 0.240 e. The number of sulfonamides is 1. The largest absolute Gasteiger partial charge is 0.355 e. The first-order chi connectivity index (χ1) is 11.0. The summed E-state index contributed by atoms with van der Waals surface area (Å²) in [6.07, 6.45) is 2.36. The van der Waals surface area contributed by atoms with Crippen molar-refractivity contribution in [3.63, 3.8) is 0 Å². The average Bonchev–Trinajstić information content (AvgIpc) is 2.55. The maximum absolute atomic E-state index is 12.3. The first kappa shape index (κ1) is 17.9. The van der Waals surface area contributed by atoms with Gasteiger partial charge in [-0.1, -0.05) is 25.1 Å². The van der Waals surface area contributed by atoms with Gasteiger partial charge in [0.25, 0.3) is 0 Å². The fourth-order valence-corrected chi connectivity index (χ4v) is 3.95. The quantitative estimate of drug-likeness (QED) is 0.775. The number of rotatable bonds is 7. The van der Waals surface area contributed by atoms with Crippen LogP contribution in [0.4, 0.5) is 0 Å². The van der Waals surface area contributed by atoms with Crippen LogP contribution >= 0.6 is 0 Å². The SMILES string of the molecule is CCCNC(=O)CN1CCC(NS(=O)(=O)c2ccccc2)CC1. The average molecular weight is 339 g/mol. The van der Waals surface area contributed by atoms with Crippen LogP contribution in [0.2, 0.25) is 0 Å². The zero-order chi connectivity index (χ0) is 16.7. The van der Waals surface area contributed by atoms with Gasteiger partial charge in [0.2, 0.25) is 15.9 Å². The number of hydrogen-bond donors (Lipinski definition) is 2. The molecule has 0 spiro atoms. The van der Waals surface area contributed by atoms with Crippen LogP contribution in [0.3, 0.4) is 0 Å². The Morgan fingerprint density at radius 1 is 1.22 bits per heavy atom. The second kappa shape index (κ2) is 8.42. The maximum atomic E-state index is 12.3. The standard InChI is InChI=1S/C16H25N3O3S/c1-2-10-17-16(20)13-19-11-8-14(9-12-19)18-23(21,22)15-6-4-3-5-7-15/h3-7,14,18H,2,8-13H2,1H3,(H,17,20). The Balaban J connectivity index is 1.80. The number of nitrogens with one attached hydrogen (secondary N) is 2. The van der Waals surface area contributed by atoms with Crippen molar-refractivity contribution in [2.24, 2.45) is 0 Å². The molecule has 0 atom stereocenters. The third-order valence-electron chi connectivity index (χ3n) is 3.90. The predicted molar refractivity (Wildman–Crippen MR) is 89.5 cm³/mol. The fourth-order valence-electron chi connectivity index (χ4n) is 2.62. The summed E-state index contributed by atoms with van der Waals surface area (Å²) in [4.78, 5) is 14.1. The zero-order valence-corrected chi connectivity index (χ0v) is 14.3. The number of carbonyl (C=O) groups is 1. The first-order valence-electron chi connectivity index (χ1n) is 8.07. The molecular formula is C16H25N3O3S. The summed E-state index contributed by atoms with van der Waals surface area (Å²) in [6, 6.07) is 8.33. The van der Waals surface area contributed by atoms with Gasteiger partial charge >= 0.3 is 0 Å². The van der Waals surface area contributed by atoms with Crippen molar-refractivity contribution >= 4 is 15.9 Å². The highest BCUT2D eigenvalue weighted by Gasteiger charge is 2.25. The van der Waals surface area contributed by atoms with E-state index < -0.39 is 10.0 Å². The molecule has 1 heterocycles. The third-order valence-corrected chi connectivity index (χ3v) is 5.44. The molecule has 0 aliphatic carbocycles. The Kier molecular flexibility index (Phi) is 6.56. The van der Waals surface area contributed by atoms with E-state index in [-0.39, 0.29) is 11.9 Å². The van der Waals surface area contributed by atoms with Crippen molar-refractivity contribution in [1.29, 1.82) is 0 Å². The lowest BCUT2D eigenvalue weighted by atomic mass is 10.1.